The fraction of sp³-hybridized carbons (Fsp3) is 0.0435. The fourth-order valence-electron chi connectivity index (χ4n) is 3.32. The number of phenols is 1. The lowest BCUT2D eigenvalue weighted by atomic mass is 10.1. The average molecular weight is 414 g/mol. The van der Waals surface area contributed by atoms with Crippen molar-refractivity contribution < 1.29 is 14.8 Å². The molecule has 0 aliphatic carbocycles. The number of non-ortho nitro benzene ring substituents is 1. The molecule has 0 aliphatic rings. The lowest BCUT2D eigenvalue weighted by Crippen LogP contribution is -2.14. The van der Waals surface area contributed by atoms with Gasteiger partial charge in [-0.3, -0.25) is 14.9 Å². The number of hydrogen-bond acceptors (Lipinski definition) is 5. The van der Waals surface area contributed by atoms with E-state index in [9.17, 15) is 20.0 Å². The summed E-state index contributed by atoms with van der Waals surface area (Å²) in [5.41, 5.74) is 2.60. The number of nitro benzene ring substituents is 1. The summed E-state index contributed by atoms with van der Waals surface area (Å²) in [6.45, 7) is 1.77. The van der Waals surface area contributed by atoms with Crippen LogP contribution in [0.3, 0.4) is 0 Å². The number of rotatable bonds is 5. The van der Waals surface area contributed by atoms with Crippen molar-refractivity contribution in [2.24, 2.45) is 0 Å². The molecule has 0 spiro atoms. The van der Waals surface area contributed by atoms with Crippen LogP contribution < -0.4 is 5.32 Å². The number of carbonyl (C=O) groups is 1. The SMILES string of the molecule is Cc1c(C(=O)Nc2cc([N+](=O)[O-])ccc2O)c(-c2ccccc2)nn1-c1ccccc1. The first kappa shape index (κ1) is 19.8. The van der Waals surface area contributed by atoms with Gasteiger partial charge in [0.1, 0.15) is 11.4 Å². The average Bonchev–Trinajstić information content (AvgIpc) is 3.13. The van der Waals surface area contributed by atoms with Gasteiger partial charge in [0.05, 0.1) is 27.6 Å². The Balaban J connectivity index is 1.82. The molecule has 31 heavy (non-hydrogen) atoms. The third-order valence-corrected chi connectivity index (χ3v) is 4.83. The summed E-state index contributed by atoms with van der Waals surface area (Å²) in [6.07, 6.45) is 0. The number of nitrogens with one attached hydrogen (secondary N) is 1. The lowest BCUT2D eigenvalue weighted by Gasteiger charge is -2.09. The van der Waals surface area contributed by atoms with Gasteiger partial charge in [0.15, 0.2) is 0 Å². The molecule has 0 atom stereocenters. The second kappa shape index (κ2) is 8.11. The van der Waals surface area contributed by atoms with E-state index in [-0.39, 0.29) is 17.1 Å². The summed E-state index contributed by atoms with van der Waals surface area (Å²) in [5.74, 6) is -0.803. The Morgan fingerprint density at radius 1 is 1.03 bits per heavy atom. The largest absolute Gasteiger partial charge is 0.506 e. The predicted octanol–water partition coefficient (Wildman–Crippen LogP) is 4.71. The molecule has 8 nitrogen and oxygen atoms in total. The van der Waals surface area contributed by atoms with Crippen LogP contribution in [0.15, 0.2) is 78.9 Å². The molecule has 1 heterocycles. The Bertz CT molecular complexity index is 1270. The zero-order chi connectivity index (χ0) is 22.0. The van der Waals surface area contributed by atoms with Gasteiger partial charge in [0, 0.05) is 17.7 Å². The van der Waals surface area contributed by atoms with Crippen LogP contribution in [-0.4, -0.2) is 25.7 Å². The Kier molecular flexibility index (Phi) is 5.19. The number of nitro groups is 1. The van der Waals surface area contributed by atoms with Crippen molar-refractivity contribution in [3.8, 4) is 22.7 Å². The van der Waals surface area contributed by atoms with Crippen molar-refractivity contribution in [1.29, 1.82) is 0 Å². The van der Waals surface area contributed by atoms with Crippen LogP contribution in [0.5, 0.6) is 5.75 Å². The van der Waals surface area contributed by atoms with Crippen LogP contribution >= 0.6 is 0 Å². The molecule has 1 amide bonds. The molecular formula is C23H18N4O4. The van der Waals surface area contributed by atoms with Gasteiger partial charge in [0.25, 0.3) is 11.6 Å². The quantitative estimate of drug-likeness (QED) is 0.279. The highest BCUT2D eigenvalue weighted by atomic mass is 16.6. The molecule has 3 aromatic carbocycles. The van der Waals surface area contributed by atoms with Gasteiger partial charge >= 0.3 is 0 Å². The van der Waals surface area contributed by atoms with Crippen molar-refractivity contribution in [2.75, 3.05) is 5.32 Å². The maximum absolute atomic E-state index is 13.3. The summed E-state index contributed by atoms with van der Waals surface area (Å²) in [6, 6.07) is 22.1. The van der Waals surface area contributed by atoms with E-state index in [0.29, 0.717) is 17.0 Å². The zero-order valence-corrected chi connectivity index (χ0v) is 16.5. The number of aromatic nitrogens is 2. The predicted molar refractivity (Wildman–Crippen MR) is 116 cm³/mol. The highest BCUT2D eigenvalue weighted by molar-refractivity contribution is 6.09. The number of hydrogen-bond donors (Lipinski definition) is 2. The zero-order valence-electron chi connectivity index (χ0n) is 16.5. The summed E-state index contributed by atoms with van der Waals surface area (Å²) in [5, 5.41) is 28.4. The molecule has 2 N–H and O–H groups in total. The van der Waals surface area contributed by atoms with Crippen molar-refractivity contribution in [3.05, 3.63) is 100 Å². The van der Waals surface area contributed by atoms with E-state index in [2.05, 4.69) is 10.4 Å². The Labute approximate surface area is 177 Å². The molecule has 4 aromatic rings. The van der Waals surface area contributed by atoms with Crippen LogP contribution in [0.1, 0.15) is 16.1 Å². The molecule has 8 heteroatoms. The van der Waals surface area contributed by atoms with Crippen molar-refractivity contribution in [3.63, 3.8) is 0 Å². The van der Waals surface area contributed by atoms with E-state index in [0.717, 1.165) is 17.3 Å². The third-order valence-electron chi connectivity index (χ3n) is 4.83. The van der Waals surface area contributed by atoms with Crippen LogP contribution in [0, 0.1) is 17.0 Å². The molecule has 4 rings (SSSR count). The van der Waals surface area contributed by atoms with E-state index in [1.807, 2.05) is 60.7 Å². The number of nitrogens with zero attached hydrogens (tertiary/aromatic N) is 3. The number of phenolic OH excluding ortho intramolecular Hbond substituents is 1. The molecule has 0 saturated heterocycles. The van der Waals surface area contributed by atoms with Gasteiger partial charge in [-0.05, 0) is 25.1 Å². The third kappa shape index (κ3) is 3.86. The number of carbonyl (C=O) groups excluding carboxylic acids is 1. The first-order valence-electron chi connectivity index (χ1n) is 9.45. The second-order valence-electron chi connectivity index (χ2n) is 6.84. The van der Waals surface area contributed by atoms with E-state index in [1.165, 1.54) is 12.1 Å². The molecular weight excluding hydrogens is 396 g/mol. The van der Waals surface area contributed by atoms with Crippen LogP contribution in [0.4, 0.5) is 11.4 Å². The Morgan fingerprint density at radius 2 is 1.68 bits per heavy atom. The molecule has 0 unspecified atom stereocenters. The number of amides is 1. The first-order valence-corrected chi connectivity index (χ1v) is 9.45. The molecule has 1 aromatic heterocycles. The maximum atomic E-state index is 13.3. The summed E-state index contributed by atoms with van der Waals surface area (Å²) in [4.78, 5) is 23.7. The standard InChI is InChI=1S/C23H18N4O4/c1-15-21(23(29)24-19-14-18(27(30)31)12-13-20(19)28)22(16-8-4-2-5-9-16)25-26(15)17-10-6-3-7-11-17/h2-14,28H,1H3,(H,24,29). The number of benzene rings is 3. The van der Waals surface area contributed by atoms with Gasteiger partial charge in [-0.1, -0.05) is 48.5 Å². The Morgan fingerprint density at radius 3 is 2.32 bits per heavy atom. The summed E-state index contributed by atoms with van der Waals surface area (Å²) < 4.78 is 1.67. The first-order chi connectivity index (χ1) is 15.0. The van der Waals surface area contributed by atoms with Crippen LogP contribution in [-0.2, 0) is 0 Å². The van der Waals surface area contributed by atoms with Gasteiger partial charge in [-0.15, -0.1) is 0 Å². The van der Waals surface area contributed by atoms with Gasteiger partial charge < -0.3 is 10.4 Å². The number of para-hydroxylation sites is 1. The highest BCUT2D eigenvalue weighted by Gasteiger charge is 2.24. The molecule has 0 saturated carbocycles. The minimum Gasteiger partial charge on any atom is -0.506 e. The van der Waals surface area contributed by atoms with E-state index >= 15 is 0 Å². The molecule has 154 valence electrons. The smallest absolute Gasteiger partial charge is 0.271 e. The topological polar surface area (TPSA) is 110 Å². The van der Waals surface area contributed by atoms with E-state index in [4.69, 9.17) is 0 Å². The number of aromatic hydroxyl groups is 1. The molecule has 0 radical (unpaired) electrons. The maximum Gasteiger partial charge on any atom is 0.271 e. The minimum atomic E-state index is -0.594. The van der Waals surface area contributed by atoms with Crippen molar-refractivity contribution >= 4 is 17.3 Å². The molecule has 0 fully saturated rings. The van der Waals surface area contributed by atoms with Crippen LogP contribution in [0.25, 0.3) is 16.9 Å². The second-order valence-corrected chi connectivity index (χ2v) is 6.84. The van der Waals surface area contributed by atoms with Crippen molar-refractivity contribution in [2.45, 2.75) is 6.92 Å². The minimum absolute atomic E-state index is 0.0509. The Hall–Kier alpha value is -4.46. The normalized spacial score (nSPS) is 10.6. The van der Waals surface area contributed by atoms with Gasteiger partial charge in [0.2, 0.25) is 0 Å². The van der Waals surface area contributed by atoms with Crippen molar-refractivity contribution in [1.82, 2.24) is 9.78 Å². The summed E-state index contributed by atoms with van der Waals surface area (Å²) >= 11 is 0. The highest BCUT2D eigenvalue weighted by Crippen LogP contribution is 2.31. The molecule has 0 aliphatic heterocycles. The van der Waals surface area contributed by atoms with Crippen LogP contribution in [0.2, 0.25) is 0 Å². The van der Waals surface area contributed by atoms with E-state index < -0.39 is 10.8 Å². The summed E-state index contributed by atoms with van der Waals surface area (Å²) in [7, 11) is 0. The van der Waals surface area contributed by atoms with Gasteiger partial charge in [-0.2, -0.15) is 5.10 Å². The fourth-order valence-corrected chi connectivity index (χ4v) is 3.32. The molecule has 0 bridgehead atoms. The van der Waals surface area contributed by atoms with Gasteiger partial charge in [-0.25, -0.2) is 4.68 Å². The van der Waals surface area contributed by atoms with E-state index in [1.54, 1.807) is 11.6 Å². The lowest BCUT2D eigenvalue weighted by molar-refractivity contribution is -0.384. The monoisotopic (exact) mass is 414 g/mol. The number of anilines is 1.